The second kappa shape index (κ2) is 5.70. The molecular weight excluding hydrogens is 312 g/mol. The van der Waals surface area contributed by atoms with Crippen LogP contribution in [-0.4, -0.2) is 37.9 Å². The maximum Gasteiger partial charge on any atom is 0.239 e. The van der Waals surface area contributed by atoms with Crippen molar-refractivity contribution in [2.45, 2.75) is 12.1 Å². The fourth-order valence-electron chi connectivity index (χ4n) is 2.58. The molecule has 11 nitrogen and oxygen atoms in total. The molecule has 1 aliphatic rings. The maximum atomic E-state index is 5.90. The molecule has 11 heteroatoms. The number of nitrogens with zero attached hydrogens (tertiary/aromatic N) is 7. The predicted octanol–water partition coefficient (Wildman–Crippen LogP) is 0.693. The van der Waals surface area contributed by atoms with Crippen LogP contribution in [0.4, 0.5) is 11.6 Å². The van der Waals surface area contributed by atoms with Crippen molar-refractivity contribution >= 4 is 11.6 Å². The summed E-state index contributed by atoms with van der Waals surface area (Å²) in [6, 6.07) is 3.14. The summed E-state index contributed by atoms with van der Waals surface area (Å²) in [4.78, 5) is 11.6. The largest absolute Gasteiger partial charge is 0.378 e. The average molecular weight is 326 g/mol. The Kier molecular flexibility index (Phi) is 3.39. The predicted molar refractivity (Wildman–Crippen MR) is 83.4 cm³/mol. The Balaban J connectivity index is 1.62. The van der Waals surface area contributed by atoms with Gasteiger partial charge in [0.15, 0.2) is 0 Å². The first-order chi connectivity index (χ1) is 11.8. The Bertz CT molecular complexity index is 857. The first-order valence-electron chi connectivity index (χ1n) is 7.21. The Morgan fingerprint density at radius 2 is 2.08 bits per heavy atom. The van der Waals surface area contributed by atoms with Crippen molar-refractivity contribution in [1.82, 2.24) is 25.3 Å². The molecular formula is C13H14N10O. The monoisotopic (exact) mass is 326 g/mol. The smallest absolute Gasteiger partial charge is 0.239 e. The van der Waals surface area contributed by atoms with Crippen molar-refractivity contribution in [3.8, 4) is 11.4 Å². The lowest BCUT2D eigenvalue weighted by Gasteiger charge is -2.21. The molecule has 3 aromatic rings. The molecule has 24 heavy (non-hydrogen) atoms. The third kappa shape index (κ3) is 2.27. The van der Waals surface area contributed by atoms with Crippen LogP contribution >= 0.6 is 0 Å². The van der Waals surface area contributed by atoms with Gasteiger partial charge in [-0.1, -0.05) is 5.22 Å². The zero-order valence-corrected chi connectivity index (χ0v) is 12.4. The van der Waals surface area contributed by atoms with Crippen LogP contribution in [0.1, 0.15) is 11.7 Å². The van der Waals surface area contributed by atoms with Gasteiger partial charge in [0.05, 0.1) is 17.9 Å². The van der Waals surface area contributed by atoms with E-state index in [1.807, 2.05) is 12.1 Å². The van der Waals surface area contributed by atoms with Gasteiger partial charge in [-0.2, -0.15) is 5.11 Å². The van der Waals surface area contributed by atoms with Gasteiger partial charge in [0.1, 0.15) is 11.9 Å². The van der Waals surface area contributed by atoms with Crippen LogP contribution in [0.5, 0.6) is 0 Å². The minimum Gasteiger partial charge on any atom is -0.378 e. The molecule has 0 saturated carbocycles. The van der Waals surface area contributed by atoms with Crippen molar-refractivity contribution in [3.63, 3.8) is 0 Å². The van der Waals surface area contributed by atoms with Crippen LogP contribution in [-0.2, 0) is 0 Å². The number of aromatic amines is 1. The van der Waals surface area contributed by atoms with Crippen LogP contribution in [0, 0.1) is 0 Å². The number of aromatic nitrogens is 5. The van der Waals surface area contributed by atoms with Crippen LogP contribution in [0.2, 0.25) is 0 Å². The Morgan fingerprint density at radius 3 is 2.79 bits per heavy atom. The second-order valence-electron chi connectivity index (χ2n) is 5.19. The lowest BCUT2D eigenvalue weighted by molar-refractivity contribution is 0.308. The molecule has 5 N–H and O–H groups in total. The molecule has 1 aliphatic heterocycles. The number of pyridine rings is 1. The molecule has 0 bridgehead atoms. The van der Waals surface area contributed by atoms with Crippen LogP contribution in [0.15, 0.2) is 45.7 Å². The van der Waals surface area contributed by atoms with Gasteiger partial charge in [0.25, 0.3) is 0 Å². The molecule has 122 valence electrons. The number of rotatable bonds is 4. The summed E-state index contributed by atoms with van der Waals surface area (Å²) in [6.45, 7) is 0.285. The summed E-state index contributed by atoms with van der Waals surface area (Å²) < 4.78 is 4.62. The van der Waals surface area contributed by atoms with Gasteiger partial charge in [-0.3, -0.25) is 4.98 Å². The highest BCUT2D eigenvalue weighted by atomic mass is 16.6. The highest BCUT2D eigenvalue weighted by Gasteiger charge is 2.37. The van der Waals surface area contributed by atoms with E-state index < -0.39 is 0 Å². The molecule has 0 radical (unpaired) electrons. The molecule has 2 unspecified atom stereocenters. The molecule has 0 saturated heterocycles. The van der Waals surface area contributed by atoms with E-state index in [1.165, 1.54) is 5.01 Å². The van der Waals surface area contributed by atoms with E-state index in [0.29, 0.717) is 5.82 Å². The van der Waals surface area contributed by atoms with Crippen molar-refractivity contribution in [1.29, 1.82) is 0 Å². The highest BCUT2D eigenvalue weighted by molar-refractivity contribution is 5.57. The lowest BCUT2D eigenvalue weighted by Crippen LogP contribution is -2.38. The number of nitrogen functional groups attached to an aromatic ring is 1. The van der Waals surface area contributed by atoms with Crippen LogP contribution in [0.25, 0.3) is 11.4 Å². The quantitative estimate of drug-likeness (QED) is 0.631. The van der Waals surface area contributed by atoms with Crippen molar-refractivity contribution in [3.05, 3.63) is 36.4 Å². The van der Waals surface area contributed by atoms with Gasteiger partial charge in [-0.25, -0.2) is 14.6 Å². The SMILES string of the molecule is NCC1C(c2cnc(-c3ccncc3)[nH]2)N=NN1c1nonc1N. The molecule has 0 spiro atoms. The van der Waals surface area contributed by atoms with Gasteiger partial charge in [0, 0.05) is 24.5 Å². The van der Waals surface area contributed by atoms with E-state index in [9.17, 15) is 0 Å². The summed E-state index contributed by atoms with van der Waals surface area (Å²) >= 11 is 0. The first-order valence-corrected chi connectivity index (χ1v) is 7.21. The third-order valence-corrected chi connectivity index (χ3v) is 3.77. The Labute approximate surface area is 135 Å². The normalized spacial score (nSPS) is 20.0. The van der Waals surface area contributed by atoms with E-state index >= 15 is 0 Å². The summed E-state index contributed by atoms with van der Waals surface area (Å²) in [7, 11) is 0. The van der Waals surface area contributed by atoms with Crippen molar-refractivity contribution < 1.29 is 4.63 Å². The molecule has 0 aliphatic carbocycles. The number of H-pyrrole nitrogens is 1. The summed E-state index contributed by atoms with van der Waals surface area (Å²) in [5, 5.41) is 17.2. The number of imidazole rings is 1. The number of hydrogen-bond acceptors (Lipinski definition) is 10. The van der Waals surface area contributed by atoms with E-state index in [0.717, 1.165) is 17.1 Å². The van der Waals surface area contributed by atoms with E-state index in [1.54, 1.807) is 18.6 Å². The van der Waals surface area contributed by atoms with E-state index in [2.05, 4.69) is 40.2 Å². The fraction of sp³-hybridized carbons (Fsp3) is 0.231. The Hall–Kier alpha value is -3.34. The first kappa shape index (κ1) is 14.3. The average Bonchev–Trinajstić information content (AvgIpc) is 3.33. The number of hydrogen-bond donors (Lipinski definition) is 3. The van der Waals surface area contributed by atoms with Crippen LogP contribution in [0.3, 0.4) is 0 Å². The molecule has 0 fully saturated rings. The topological polar surface area (TPSA) is 160 Å². The zero-order chi connectivity index (χ0) is 16.5. The van der Waals surface area contributed by atoms with E-state index in [-0.39, 0.29) is 24.4 Å². The fourth-order valence-corrected chi connectivity index (χ4v) is 2.58. The van der Waals surface area contributed by atoms with Gasteiger partial charge in [-0.15, -0.1) is 0 Å². The number of anilines is 2. The second-order valence-corrected chi connectivity index (χ2v) is 5.19. The molecule has 0 amide bonds. The molecule has 4 heterocycles. The van der Waals surface area contributed by atoms with Gasteiger partial charge in [-0.05, 0) is 22.4 Å². The minimum absolute atomic E-state index is 0.134. The summed E-state index contributed by atoms with van der Waals surface area (Å²) in [6.07, 6.45) is 5.13. The molecule has 3 aromatic heterocycles. The molecule has 4 rings (SSSR count). The van der Waals surface area contributed by atoms with Gasteiger partial charge >= 0.3 is 0 Å². The Morgan fingerprint density at radius 1 is 1.25 bits per heavy atom. The minimum atomic E-state index is -0.325. The van der Waals surface area contributed by atoms with Crippen LogP contribution < -0.4 is 16.5 Å². The van der Waals surface area contributed by atoms with Crippen molar-refractivity contribution in [2.24, 2.45) is 16.1 Å². The van der Waals surface area contributed by atoms with Crippen molar-refractivity contribution in [2.75, 3.05) is 17.3 Å². The van der Waals surface area contributed by atoms with E-state index in [4.69, 9.17) is 11.5 Å². The molecule has 0 aromatic carbocycles. The third-order valence-electron chi connectivity index (χ3n) is 3.77. The van der Waals surface area contributed by atoms with Gasteiger partial charge < -0.3 is 16.5 Å². The molecule has 2 atom stereocenters. The lowest BCUT2D eigenvalue weighted by atomic mass is 10.1. The summed E-state index contributed by atoms with van der Waals surface area (Å²) in [5.74, 6) is 1.15. The number of nitrogens with two attached hydrogens (primary N) is 2. The number of nitrogens with one attached hydrogen (secondary N) is 1. The zero-order valence-electron chi connectivity index (χ0n) is 12.4. The standard InChI is InChI=1S/C13H14N10O/c14-5-9-10(19-22-23(9)13-11(15)20-24-21-13)8-6-17-12(18-8)7-1-3-16-4-2-7/h1-4,6,9-10H,5,14H2,(H2,15,20)(H,17,18). The highest BCUT2D eigenvalue weighted by Crippen LogP contribution is 2.35. The maximum absolute atomic E-state index is 5.90. The summed E-state index contributed by atoms with van der Waals surface area (Å²) in [5.41, 5.74) is 13.3. The van der Waals surface area contributed by atoms with Gasteiger partial charge in [0.2, 0.25) is 11.6 Å².